The van der Waals surface area contributed by atoms with Crippen molar-refractivity contribution in [3.05, 3.63) is 24.3 Å². The Kier molecular flexibility index (Phi) is 5.83. The minimum Gasteiger partial charge on any atom is -0.382 e. The quantitative estimate of drug-likeness (QED) is 0.768. The number of methoxy groups -OCH3 is 1. The fourth-order valence-corrected chi connectivity index (χ4v) is 2.41. The summed E-state index contributed by atoms with van der Waals surface area (Å²) in [6, 6.07) is 8.32. The smallest absolute Gasteiger partial charge is 0.250 e. The zero-order valence-corrected chi connectivity index (χ0v) is 11.9. The highest BCUT2D eigenvalue weighted by atomic mass is 16.5. The topological polar surface area (TPSA) is 62.4 Å². The van der Waals surface area contributed by atoms with E-state index in [4.69, 9.17) is 4.74 Å². The Hall–Kier alpha value is -1.59. The van der Waals surface area contributed by atoms with Crippen LogP contribution in [-0.2, 0) is 9.53 Å². The molecule has 1 aromatic carbocycles. The minimum absolute atomic E-state index is 0.0753. The second-order valence-corrected chi connectivity index (χ2v) is 5.08. The summed E-state index contributed by atoms with van der Waals surface area (Å²) in [5.74, 6) is -0.136. The molecule has 1 amide bonds. The third kappa shape index (κ3) is 4.83. The van der Waals surface area contributed by atoms with E-state index in [1.807, 2.05) is 24.3 Å². The Morgan fingerprint density at radius 2 is 2.20 bits per heavy atom. The second kappa shape index (κ2) is 7.87. The fraction of sp³-hybridized carbons (Fsp3) is 0.533. The van der Waals surface area contributed by atoms with E-state index >= 15 is 0 Å². The van der Waals surface area contributed by atoms with Crippen LogP contribution in [0.1, 0.15) is 19.3 Å². The van der Waals surface area contributed by atoms with Crippen LogP contribution in [0.4, 0.5) is 11.4 Å². The SMILES string of the molecule is COCC(=O)Nc1cccc(NC2CCCNCC2)c1. The number of carbonyl (C=O) groups excluding carboxylic acids is 1. The lowest BCUT2D eigenvalue weighted by atomic mass is 10.1. The van der Waals surface area contributed by atoms with Crippen LogP contribution in [0.3, 0.4) is 0 Å². The predicted molar refractivity (Wildman–Crippen MR) is 81.1 cm³/mol. The number of carbonyl (C=O) groups is 1. The molecular weight excluding hydrogens is 254 g/mol. The van der Waals surface area contributed by atoms with Crippen molar-refractivity contribution in [2.75, 3.05) is 37.4 Å². The lowest BCUT2D eigenvalue weighted by molar-refractivity contribution is -0.119. The molecule has 2 rings (SSSR count). The standard InChI is InChI=1S/C15H23N3O2/c1-20-11-15(19)18-14-5-2-4-13(10-14)17-12-6-3-8-16-9-7-12/h2,4-5,10,12,16-17H,3,6-9,11H2,1H3,(H,18,19). The highest BCUT2D eigenvalue weighted by molar-refractivity contribution is 5.92. The number of amides is 1. The number of hydrogen-bond donors (Lipinski definition) is 3. The first-order valence-electron chi connectivity index (χ1n) is 7.14. The van der Waals surface area contributed by atoms with Crippen LogP contribution >= 0.6 is 0 Å². The van der Waals surface area contributed by atoms with E-state index in [2.05, 4.69) is 16.0 Å². The lowest BCUT2D eigenvalue weighted by Crippen LogP contribution is -2.21. The van der Waals surface area contributed by atoms with E-state index in [-0.39, 0.29) is 12.5 Å². The lowest BCUT2D eigenvalue weighted by Gasteiger charge is -2.18. The van der Waals surface area contributed by atoms with Crippen LogP contribution in [-0.4, -0.2) is 38.8 Å². The van der Waals surface area contributed by atoms with Crippen molar-refractivity contribution in [3.63, 3.8) is 0 Å². The van der Waals surface area contributed by atoms with Crippen LogP contribution in [0.5, 0.6) is 0 Å². The molecule has 20 heavy (non-hydrogen) atoms. The molecule has 1 aliphatic heterocycles. The van der Waals surface area contributed by atoms with Crippen molar-refractivity contribution in [3.8, 4) is 0 Å². The molecule has 0 aliphatic carbocycles. The zero-order valence-electron chi connectivity index (χ0n) is 11.9. The molecular formula is C15H23N3O2. The third-order valence-electron chi connectivity index (χ3n) is 3.37. The summed E-state index contributed by atoms with van der Waals surface area (Å²) < 4.78 is 4.81. The summed E-state index contributed by atoms with van der Waals surface area (Å²) in [6.45, 7) is 2.24. The number of rotatable bonds is 5. The summed E-state index contributed by atoms with van der Waals surface area (Å²) in [4.78, 5) is 11.5. The van der Waals surface area contributed by atoms with Gasteiger partial charge in [-0.25, -0.2) is 0 Å². The van der Waals surface area contributed by atoms with Gasteiger partial charge in [-0.3, -0.25) is 4.79 Å². The Morgan fingerprint density at radius 1 is 1.35 bits per heavy atom. The number of ether oxygens (including phenoxy) is 1. The van der Waals surface area contributed by atoms with Crippen molar-refractivity contribution >= 4 is 17.3 Å². The number of anilines is 2. The third-order valence-corrected chi connectivity index (χ3v) is 3.37. The molecule has 0 bridgehead atoms. The Morgan fingerprint density at radius 3 is 3.05 bits per heavy atom. The number of nitrogens with one attached hydrogen (secondary N) is 3. The van der Waals surface area contributed by atoms with Gasteiger partial charge in [0, 0.05) is 24.5 Å². The van der Waals surface area contributed by atoms with Gasteiger partial charge in [0.05, 0.1) is 0 Å². The maximum Gasteiger partial charge on any atom is 0.250 e. The first-order chi connectivity index (χ1) is 9.78. The molecule has 1 aliphatic rings. The molecule has 0 saturated carbocycles. The molecule has 1 saturated heterocycles. The van der Waals surface area contributed by atoms with Gasteiger partial charge in [-0.15, -0.1) is 0 Å². The summed E-state index contributed by atoms with van der Waals surface area (Å²) in [5, 5.41) is 9.76. The Labute approximate surface area is 120 Å². The number of hydrogen-bond acceptors (Lipinski definition) is 4. The summed E-state index contributed by atoms with van der Waals surface area (Å²) in [6.07, 6.45) is 3.50. The van der Waals surface area contributed by atoms with Gasteiger partial charge in [-0.2, -0.15) is 0 Å². The monoisotopic (exact) mass is 277 g/mol. The molecule has 0 aromatic heterocycles. The van der Waals surface area contributed by atoms with Crippen molar-refractivity contribution in [1.82, 2.24) is 5.32 Å². The average molecular weight is 277 g/mol. The normalized spacial score (nSPS) is 19.1. The second-order valence-electron chi connectivity index (χ2n) is 5.08. The van der Waals surface area contributed by atoms with Gasteiger partial charge in [0.2, 0.25) is 5.91 Å². The molecule has 110 valence electrons. The molecule has 1 aromatic rings. The van der Waals surface area contributed by atoms with E-state index in [0.29, 0.717) is 6.04 Å². The van der Waals surface area contributed by atoms with Gasteiger partial charge in [-0.05, 0) is 50.6 Å². The van der Waals surface area contributed by atoms with E-state index < -0.39 is 0 Å². The van der Waals surface area contributed by atoms with Gasteiger partial charge in [0.25, 0.3) is 0 Å². The molecule has 1 atom stereocenters. The molecule has 0 radical (unpaired) electrons. The molecule has 1 unspecified atom stereocenters. The van der Waals surface area contributed by atoms with Crippen LogP contribution in [0.25, 0.3) is 0 Å². The molecule has 1 heterocycles. The summed E-state index contributed by atoms with van der Waals surface area (Å²) in [7, 11) is 1.51. The predicted octanol–water partition coefficient (Wildman–Crippen LogP) is 1.83. The molecule has 1 fully saturated rings. The van der Waals surface area contributed by atoms with Gasteiger partial charge in [0.15, 0.2) is 0 Å². The van der Waals surface area contributed by atoms with E-state index in [9.17, 15) is 4.79 Å². The fourth-order valence-electron chi connectivity index (χ4n) is 2.41. The van der Waals surface area contributed by atoms with Gasteiger partial charge < -0.3 is 20.7 Å². The molecule has 0 spiro atoms. The Bertz CT molecular complexity index is 429. The highest BCUT2D eigenvalue weighted by Crippen LogP contribution is 2.18. The maximum atomic E-state index is 11.5. The summed E-state index contributed by atoms with van der Waals surface area (Å²) in [5.41, 5.74) is 1.84. The first-order valence-corrected chi connectivity index (χ1v) is 7.14. The minimum atomic E-state index is -0.136. The Balaban J connectivity index is 1.92. The average Bonchev–Trinajstić information content (AvgIpc) is 2.68. The largest absolute Gasteiger partial charge is 0.382 e. The van der Waals surface area contributed by atoms with E-state index in [1.54, 1.807) is 0 Å². The molecule has 5 heteroatoms. The van der Waals surface area contributed by atoms with Crippen LogP contribution in [0.15, 0.2) is 24.3 Å². The maximum absolute atomic E-state index is 11.5. The van der Waals surface area contributed by atoms with Crippen molar-refractivity contribution < 1.29 is 9.53 Å². The summed E-state index contributed by atoms with van der Waals surface area (Å²) >= 11 is 0. The van der Waals surface area contributed by atoms with Gasteiger partial charge >= 0.3 is 0 Å². The van der Waals surface area contributed by atoms with Crippen LogP contribution in [0.2, 0.25) is 0 Å². The zero-order chi connectivity index (χ0) is 14.2. The number of benzene rings is 1. The molecule has 5 nitrogen and oxygen atoms in total. The van der Waals surface area contributed by atoms with Crippen molar-refractivity contribution in [2.24, 2.45) is 0 Å². The highest BCUT2D eigenvalue weighted by Gasteiger charge is 2.11. The van der Waals surface area contributed by atoms with Crippen LogP contribution < -0.4 is 16.0 Å². The van der Waals surface area contributed by atoms with E-state index in [1.165, 1.54) is 20.0 Å². The van der Waals surface area contributed by atoms with Gasteiger partial charge in [-0.1, -0.05) is 6.07 Å². The van der Waals surface area contributed by atoms with Crippen LogP contribution in [0, 0.1) is 0 Å². The van der Waals surface area contributed by atoms with Gasteiger partial charge in [0.1, 0.15) is 6.61 Å². The van der Waals surface area contributed by atoms with Crippen molar-refractivity contribution in [2.45, 2.75) is 25.3 Å². The van der Waals surface area contributed by atoms with Crippen molar-refractivity contribution in [1.29, 1.82) is 0 Å². The first kappa shape index (κ1) is 14.8. The molecule has 3 N–H and O–H groups in total. The van der Waals surface area contributed by atoms with E-state index in [0.717, 1.165) is 30.9 Å².